The van der Waals surface area contributed by atoms with Gasteiger partial charge in [0.1, 0.15) is 0 Å². The first-order valence-electron chi connectivity index (χ1n) is 6.87. The van der Waals surface area contributed by atoms with Gasteiger partial charge in [-0.05, 0) is 36.0 Å². The summed E-state index contributed by atoms with van der Waals surface area (Å²) >= 11 is 3.57. The van der Waals surface area contributed by atoms with Crippen LogP contribution in [0.5, 0.6) is 0 Å². The zero-order chi connectivity index (χ0) is 14.0. The summed E-state index contributed by atoms with van der Waals surface area (Å²) in [6, 6.07) is 5.85. The molecule has 0 saturated heterocycles. The smallest absolute Gasteiger partial charge is 0.237 e. The molecule has 1 aliphatic rings. The van der Waals surface area contributed by atoms with Crippen LogP contribution in [0.1, 0.15) is 43.9 Å². The minimum atomic E-state index is -0.416. The summed E-state index contributed by atoms with van der Waals surface area (Å²) < 4.78 is 1.13. The molecule has 0 radical (unpaired) electrons. The minimum Gasteiger partial charge on any atom is -0.348 e. The molecule has 0 spiro atoms. The maximum absolute atomic E-state index is 12.1. The molecule has 0 fully saturated rings. The van der Waals surface area contributed by atoms with Crippen LogP contribution in [0, 0.1) is 5.92 Å². The number of halogens is 2. The normalized spacial score (nSPS) is 19.7. The predicted molar refractivity (Wildman–Crippen MR) is 88.0 cm³/mol. The molecule has 0 bridgehead atoms. The van der Waals surface area contributed by atoms with Crippen LogP contribution in [0.2, 0.25) is 0 Å². The highest BCUT2D eigenvalue weighted by Gasteiger charge is 2.28. The van der Waals surface area contributed by atoms with Crippen molar-refractivity contribution in [2.24, 2.45) is 11.7 Å². The van der Waals surface area contributed by atoms with Crippen LogP contribution in [-0.2, 0) is 11.2 Å². The number of fused-ring (bicyclic) bond motifs is 1. The second kappa shape index (κ2) is 7.43. The van der Waals surface area contributed by atoms with Gasteiger partial charge in [-0.2, -0.15) is 0 Å². The van der Waals surface area contributed by atoms with Crippen molar-refractivity contribution >= 4 is 34.2 Å². The Morgan fingerprint density at radius 2 is 2.25 bits per heavy atom. The topological polar surface area (TPSA) is 55.1 Å². The number of hydrogen-bond acceptors (Lipinski definition) is 2. The van der Waals surface area contributed by atoms with E-state index in [1.807, 2.05) is 19.1 Å². The van der Waals surface area contributed by atoms with Gasteiger partial charge < -0.3 is 11.1 Å². The fourth-order valence-electron chi connectivity index (χ4n) is 2.54. The van der Waals surface area contributed by atoms with Crippen LogP contribution in [0.25, 0.3) is 0 Å². The molecule has 0 heterocycles. The Bertz CT molecular complexity index is 481. The first-order valence-corrected chi connectivity index (χ1v) is 7.67. The van der Waals surface area contributed by atoms with Gasteiger partial charge in [0.25, 0.3) is 0 Å². The molecule has 1 aromatic carbocycles. The number of carbonyl (C=O) groups excluding carboxylic acids is 1. The SMILES string of the molecule is CCC(C)C(N)C(=O)NC1CCc2c(Br)cccc21.Cl. The molecule has 0 aliphatic heterocycles. The monoisotopic (exact) mass is 360 g/mol. The lowest BCUT2D eigenvalue weighted by atomic mass is 9.98. The predicted octanol–water partition coefficient (Wildman–Crippen LogP) is 3.35. The van der Waals surface area contributed by atoms with Crippen LogP contribution in [-0.4, -0.2) is 11.9 Å². The standard InChI is InChI=1S/C15H21BrN2O.ClH/c1-3-9(2)14(17)15(19)18-13-8-7-10-11(13)5-4-6-12(10)16;/h4-6,9,13-14H,3,7-8,17H2,1-2H3,(H,18,19);1H. The Kier molecular flexibility index (Phi) is 6.49. The molecule has 1 aliphatic carbocycles. The quantitative estimate of drug-likeness (QED) is 0.864. The summed E-state index contributed by atoms with van der Waals surface area (Å²) in [4.78, 5) is 12.1. The number of nitrogens with two attached hydrogens (primary N) is 1. The van der Waals surface area contributed by atoms with Crippen molar-refractivity contribution in [2.75, 3.05) is 0 Å². The number of nitrogens with one attached hydrogen (secondary N) is 1. The first-order chi connectivity index (χ1) is 9.04. The number of hydrogen-bond donors (Lipinski definition) is 2. The largest absolute Gasteiger partial charge is 0.348 e. The molecule has 3 nitrogen and oxygen atoms in total. The third-order valence-electron chi connectivity index (χ3n) is 4.09. The molecule has 1 aromatic rings. The van der Waals surface area contributed by atoms with Crippen molar-refractivity contribution in [1.82, 2.24) is 5.32 Å². The number of carbonyl (C=O) groups is 1. The number of benzene rings is 1. The van der Waals surface area contributed by atoms with Crippen molar-refractivity contribution in [3.63, 3.8) is 0 Å². The van der Waals surface area contributed by atoms with Gasteiger partial charge >= 0.3 is 0 Å². The summed E-state index contributed by atoms with van der Waals surface area (Å²) in [5.74, 6) is 0.176. The second-order valence-electron chi connectivity index (χ2n) is 5.32. The summed E-state index contributed by atoms with van der Waals surface area (Å²) in [7, 11) is 0. The summed E-state index contributed by atoms with van der Waals surface area (Å²) in [5.41, 5.74) is 8.51. The molecule has 3 atom stereocenters. The Morgan fingerprint density at radius 3 is 2.90 bits per heavy atom. The average molecular weight is 362 g/mol. The Morgan fingerprint density at radius 1 is 1.55 bits per heavy atom. The highest BCUT2D eigenvalue weighted by molar-refractivity contribution is 9.10. The van der Waals surface area contributed by atoms with Gasteiger partial charge in [0.05, 0.1) is 12.1 Å². The fraction of sp³-hybridized carbons (Fsp3) is 0.533. The van der Waals surface area contributed by atoms with Crippen LogP contribution in [0.15, 0.2) is 22.7 Å². The van der Waals surface area contributed by atoms with E-state index in [1.165, 1.54) is 11.1 Å². The molecule has 2 rings (SSSR count). The molecule has 20 heavy (non-hydrogen) atoms. The third kappa shape index (κ3) is 3.54. The van der Waals surface area contributed by atoms with Gasteiger partial charge in [0, 0.05) is 4.47 Å². The number of amides is 1. The van der Waals surface area contributed by atoms with Crippen LogP contribution in [0.3, 0.4) is 0 Å². The number of rotatable bonds is 4. The molecular formula is C15H22BrClN2O. The molecule has 0 aromatic heterocycles. The molecule has 5 heteroatoms. The highest BCUT2D eigenvalue weighted by Crippen LogP contribution is 2.35. The Hall–Kier alpha value is -0.580. The zero-order valence-corrected chi connectivity index (χ0v) is 14.3. The van der Waals surface area contributed by atoms with Gasteiger partial charge in [-0.15, -0.1) is 12.4 Å². The Balaban J connectivity index is 0.00000200. The molecule has 1 amide bonds. The van der Waals surface area contributed by atoms with Crippen LogP contribution < -0.4 is 11.1 Å². The van der Waals surface area contributed by atoms with Crippen molar-refractivity contribution in [3.8, 4) is 0 Å². The Labute approximate surface area is 135 Å². The second-order valence-corrected chi connectivity index (χ2v) is 6.17. The van der Waals surface area contributed by atoms with E-state index >= 15 is 0 Å². The van der Waals surface area contributed by atoms with Gasteiger partial charge in [-0.25, -0.2) is 0 Å². The minimum absolute atomic E-state index is 0. The van der Waals surface area contributed by atoms with E-state index < -0.39 is 6.04 Å². The van der Waals surface area contributed by atoms with E-state index in [0.717, 1.165) is 23.7 Å². The lowest BCUT2D eigenvalue weighted by Crippen LogP contribution is -2.45. The average Bonchev–Trinajstić information content (AvgIpc) is 2.81. The molecule has 112 valence electrons. The zero-order valence-electron chi connectivity index (χ0n) is 11.9. The van der Waals surface area contributed by atoms with Crippen LogP contribution >= 0.6 is 28.3 Å². The highest BCUT2D eigenvalue weighted by atomic mass is 79.9. The van der Waals surface area contributed by atoms with Crippen molar-refractivity contribution in [2.45, 2.75) is 45.2 Å². The maximum Gasteiger partial charge on any atom is 0.237 e. The van der Waals surface area contributed by atoms with Crippen molar-refractivity contribution in [3.05, 3.63) is 33.8 Å². The molecular weight excluding hydrogens is 340 g/mol. The summed E-state index contributed by atoms with van der Waals surface area (Å²) in [6.45, 7) is 4.07. The molecule has 0 saturated carbocycles. The van der Waals surface area contributed by atoms with E-state index in [2.05, 4.69) is 34.2 Å². The summed E-state index contributed by atoms with van der Waals surface area (Å²) in [5, 5.41) is 3.09. The third-order valence-corrected chi connectivity index (χ3v) is 4.83. The van der Waals surface area contributed by atoms with Crippen molar-refractivity contribution in [1.29, 1.82) is 0 Å². The van der Waals surface area contributed by atoms with Gasteiger partial charge in [0.2, 0.25) is 5.91 Å². The maximum atomic E-state index is 12.1. The van der Waals surface area contributed by atoms with Gasteiger partial charge in [0.15, 0.2) is 0 Å². The lowest BCUT2D eigenvalue weighted by molar-refractivity contribution is -0.124. The van der Waals surface area contributed by atoms with E-state index in [4.69, 9.17) is 5.73 Å². The van der Waals surface area contributed by atoms with E-state index in [9.17, 15) is 4.79 Å². The molecule has 3 unspecified atom stereocenters. The molecule has 3 N–H and O–H groups in total. The summed E-state index contributed by atoms with van der Waals surface area (Å²) in [6.07, 6.45) is 2.87. The lowest BCUT2D eigenvalue weighted by Gasteiger charge is -2.21. The van der Waals surface area contributed by atoms with Crippen molar-refractivity contribution < 1.29 is 4.79 Å². The van der Waals surface area contributed by atoms with E-state index in [1.54, 1.807) is 0 Å². The van der Waals surface area contributed by atoms with E-state index in [0.29, 0.717) is 0 Å². The fourth-order valence-corrected chi connectivity index (χ4v) is 3.12. The van der Waals surface area contributed by atoms with Gasteiger partial charge in [-0.1, -0.05) is 48.3 Å². The van der Waals surface area contributed by atoms with Crippen LogP contribution in [0.4, 0.5) is 0 Å². The van der Waals surface area contributed by atoms with Gasteiger partial charge in [-0.3, -0.25) is 4.79 Å². The van der Waals surface area contributed by atoms with E-state index in [-0.39, 0.29) is 30.3 Å². The first kappa shape index (κ1) is 17.5.